The van der Waals surface area contributed by atoms with Crippen LogP contribution in [0, 0.1) is 6.92 Å². The van der Waals surface area contributed by atoms with Crippen molar-refractivity contribution in [1.82, 2.24) is 0 Å². The number of aryl methyl sites for hydroxylation is 1. The monoisotopic (exact) mass is 315 g/mol. The summed E-state index contributed by atoms with van der Waals surface area (Å²) in [5, 5.41) is 13.9. The first kappa shape index (κ1) is 14.5. The maximum absolute atomic E-state index is 11.6. The molecule has 4 nitrogen and oxygen atoms in total. The van der Waals surface area contributed by atoms with Crippen LogP contribution in [0.1, 0.15) is 11.1 Å². The minimum absolute atomic E-state index is 0.113. The molecule has 1 heterocycles. The first-order valence-corrected chi connectivity index (χ1v) is 7.18. The molecule has 0 radical (unpaired) electrons. The zero-order valence-electron chi connectivity index (χ0n) is 11.9. The lowest BCUT2D eigenvalue weighted by Gasteiger charge is -2.09. The maximum atomic E-state index is 11.6. The Morgan fingerprint density at radius 1 is 1.23 bits per heavy atom. The first-order valence-electron chi connectivity index (χ1n) is 6.80. The maximum Gasteiger partial charge on any atom is 0.355 e. The average Bonchev–Trinajstić information content (AvgIpc) is 2.52. The van der Waals surface area contributed by atoms with E-state index in [0.717, 1.165) is 16.6 Å². The molecule has 0 bridgehead atoms. The van der Waals surface area contributed by atoms with Crippen LogP contribution >= 0.6 is 11.6 Å². The molecule has 112 valence electrons. The van der Waals surface area contributed by atoms with Crippen LogP contribution in [0.4, 0.5) is 5.69 Å². The molecule has 1 aromatic heterocycles. The molecule has 0 amide bonds. The van der Waals surface area contributed by atoms with Crippen LogP contribution in [0.5, 0.6) is 5.75 Å². The molecule has 2 N–H and O–H groups in total. The number of aromatic hydroxyl groups is 1. The van der Waals surface area contributed by atoms with Gasteiger partial charge in [0.15, 0.2) is 0 Å². The number of hydrogen-bond donors (Lipinski definition) is 2. The number of rotatable bonds is 3. The molecular formula is C17H14ClNO3. The zero-order chi connectivity index (χ0) is 15.7. The van der Waals surface area contributed by atoms with Gasteiger partial charge in [-0.2, -0.15) is 0 Å². The molecule has 0 saturated carbocycles. The summed E-state index contributed by atoms with van der Waals surface area (Å²) >= 11 is 5.91. The van der Waals surface area contributed by atoms with Crippen molar-refractivity contribution < 1.29 is 9.52 Å². The lowest BCUT2D eigenvalue weighted by Crippen LogP contribution is -2.03. The van der Waals surface area contributed by atoms with Gasteiger partial charge < -0.3 is 14.8 Å². The smallest absolute Gasteiger partial charge is 0.355 e. The Balaban J connectivity index is 1.91. The van der Waals surface area contributed by atoms with E-state index in [1.54, 1.807) is 25.1 Å². The van der Waals surface area contributed by atoms with Gasteiger partial charge in [-0.15, -0.1) is 0 Å². The van der Waals surface area contributed by atoms with E-state index in [1.165, 1.54) is 0 Å². The summed E-state index contributed by atoms with van der Waals surface area (Å²) in [6, 6.07) is 12.6. The van der Waals surface area contributed by atoms with Gasteiger partial charge in [0.05, 0.1) is 0 Å². The molecule has 2 aromatic carbocycles. The number of fused-ring (bicyclic) bond motifs is 1. The second-order valence-electron chi connectivity index (χ2n) is 5.02. The van der Waals surface area contributed by atoms with Crippen molar-refractivity contribution in [1.29, 1.82) is 0 Å². The van der Waals surface area contributed by atoms with Crippen molar-refractivity contribution in [3.05, 3.63) is 69.0 Å². The molecule has 0 spiro atoms. The van der Waals surface area contributed by atoms with E-state index in [1.807, 2.05) is 24.3 Å². The summed E-state index contributed by atoms with van der Waals surface area (Å²) in [6.07, 6.45) is 0. The fraction of sp³-hybridized carbons (Fsp3) is 0.118. The predicted octanol–water partition coefficient (Wildman–Crippen LogP) is 4.07. The van der Waals surface area contributed by atoms with Crippen LogP contribution < -0.4 is 10.9 Å². The largest absolute Gasteiger partial charge is 0.508 e. The topological polar surface area (TPSA) is 62.5 Å². The summed E-state index contributed by atoms with van der Waals surface area (Å²) in [5.41, 5.74) is 2.23. The van der Waals surface area contributed by atoms with Crippen LogP contribution in [0.15, 0.2) is 51.7 Å². The van der Waals surface area contributed by atoms with Gasteiger partial charge in [-0.3, -0.25) is 0 Å². The number of anilines is 1. The third-order valence-electron chi connectivity index (χ3n) is 3.57. The van der Waals surface area contributed by atoms with E-state index in [4.69, 9.17) is 16.0 Å². The summed E-state index contributed by atoms with van der Waals surface area (Å²) in [4.78, 5) is 11.6. The van der Waals surface area contributed by atoms with Gasteiger partial charge in [0.25, 0.3) is 0 Å². The van der Waals surface area contributed by atoms with Crippen molar-refractivity contribution in [3.63, 3.8) is 0 Å². The lowest BCUT2D eigenvalue weighted by molar-refractivity contribution is 0.469. The van der Waals surface area contributed by atoms with Crippen molar-refractivity contribution in [2.75, 3.05) is 5.32 Å². The summed E-state index contributed by atoms with van der Waals surface area (Å²) in [7, 11) is 0. The SMILES string of the molecule is Cc1c(Cl)c(=O)oc2cc(NCc3ccccc3O)ccc12. The minimum Gasteiger partial charge on any atom is -0.508 e. The second kappa shape index (κ2) is 5.73. The number of phenolic OH excluding ortho intramolecular Hbond substituents is 1. The van der Waals surface area contributed by atoms with Crippen LogP contribution in [0.25, 0.3) is 11.0 Å². The van der Waals surface area contributed by atoms with Crippen molar-refractivity contribution >= 4 is 28.3 Å². The normalized spacial score (nSPS) is 10.8. The molecule has 22 heavy (non-hydrogen) atoms. The molecule has 3 rings (SSSR count). The van der Waals surface area contributed by atoms with E-state index < -0.39 is 5.63 Å². The molecule has 0 aliphatic heterocycles. The Bertz CT molecular complexity index is 902. The highest BCUT2D eigenvalue weighted by Gasteiger charge is 2.09. The summed E-state index contributed by atoms with van der Waals surface area (Å²) < 4.78 is 5.21. The van der Waals surface area contributed by atoms with Gasteiger partial charge >= 0.3 is 5.63 Å². The first-order chi connectivity index (χ1) is 10.6. The summed E-state index contributed by atoms with van der Waals surface area (Å²) in [6.45, 7) is 2.26. The van der Waals surface area contributed by atoms with Crippen molar-refractivity contribution in [2.24, 2.45) is 0 Å². The Labute approximate surface area is 132 Å². The van der Waals surface area contributed by atoms with Gasteiger partial charge in [0, 0.05) is 29.2 Å². The van der Waals surface area contributed by atoms with Gasteiger partial charge in [0.2, 0.25) is 0 Å². The van der Waals surface area contributed by atoms with E-state index in [0.29, 0.717) is 17.7 Å². The van der Waals surface area contributed by atoms with E-state index >= 15 is 0 Å². The van der Waals surface area contributed by atoms with E-state index in [2.05, 4.69) is 5.32 Å². The van der Waals surface area contributed by atoms with Gasteiger partial charge in [-0.1, -0.05) is 29.8 Å². The molecule has 0 aliphatic carbocycles. The molecule has 0 saturated heterocycles. The number of phenols is 1. The fourth-order valence-electron chi connectivity index (χ4n) is 2.30. The molecular weight excluding hydrogens is 302 g/mol. The highest BCUT2D eigenvalue weighted by molar-refractivity contribution is 6.31. The Morgan fingerprint density at radius 2 is 2.00 bits per heavy atom. The zero-order valence-corrected chi connectivity index (χ0v) is 12.6. The molecule has 3 aromatic rings. The molecule has 0 unspecified atom stereocenters. The second-order valence-corrected chi connectivity index (χ2v) is 5.40. The average molecular weight is 316 g/mol. The fourth-order valence-corrected chi connectivity index (χ4v) is 2.44. The number of benzene rings is 2. The van der Waals surface area contributed by atoms with Crippen LogP contribution in [-0.2, 0) is 6.54 Å². The van der Waals surface area contributed by atoms with E-state index in [9.17, 15) is 9.90 Å². The quantitative estimate of drug-likeness (QED) is 0.715. The Morgan fingerprint density at radius 3 is 2.77 bits per heavy atom. The Kier molecular flexibility index (Phi) is 3.77. The highest BCUT2D eigenvalue weighted by Crippen LogP contribution is 2.25. The lowest BCUT2D eigenvalue weighted by atomic mass is 10.1. The van der Waals surface area contributed by atoms with Crippen molar-refractivity contribution in [3.8, 4) is 5.75 Å². The van der Waals surface area contributed by atoms with Gasteiger partial charge in [0.1, 0.15) is 16.4 Å². The standard InChI is InChI=1S/C17H14ClNO3/c1-10-13-7-6-12(8-15(13)22-17(21)16(10)18)19-9-11-4-2-3-5-14(11)20/h2-8,19-20H,9H2,1H3. The number of nitrogens with one attached hydrogen (secondary N) is 1. The predicted molar refractivity (Wildman–Crippen MR) is 87.7 cm³/mol. The molecule has 0 aliphatic rings. The highest BCUT2D eigenvalue weighted by atomic mass is 35.5. The van der Waals surface area contributed by atoms with Crippen LogP contribution in [0.2, 0.25) is 5.02 Å². The van der Waals surface area contributed by atoms with Crippen LogP contribution in [0.3, 0.4) is 0 Å². The third-order valence-corrected chi connectivity index (χ3v) is 4.01. The van der Waals surface area contributed by atoms with Gasteiger partial charge in [-0.25, -0.2) is 4.79 Å². The Hall–Kier alpha value is -2.46. The van der Waals surface area contributed by atoms with Crippen LogP contribution in [-0.4, -0.2) is 5.11 Å². The number of halogens is 1. The van der Waals surface area contributed by atoms with Crippen molar-refractivity contribution in [2.45, 2.75) is 13.5 Å². The molecule has 0 atom stereocenters. The van der Waals surface area contributed by atoms with E-state index in [-0.39, 0.29) is 10.8 Å². The van der Waals surface area contributed by atoms with Gasteiger partial charge in [-0.05, 0) is 30.7 Å². The molecule has 0 fully saturated rings. The molecule has 5 heteroatoms. The number of para-hydroxylation sites is 1. The third kappa shape index (κ3) is 2.65. The minimum atomic E-state index is -0.537. The summed E-state index contributed by atoms with van der Waals surface area (Å²) in [5.74, 6) is 0.241. The number of hydrogen-bond acceptors (Lipinski definition) is 4.